The van der Waals surface area contributed by atoms with Crippen LogP contribution in [0, 0.1) is 0 Å². The Morgan fingerprint density at radius 1 is 1.62 bits per heavy atom. The summed E-state index contributed by atoms with van der Waals surface area (Å²) >= 11 is 3.08. The number of ketones is 1. The second kappa shape index (κ2) is 4.41. The van der Waals surface area contributed by atoms with E-state index < -0.39 is 12.2 Å². The number of alkyl halides is 2. The van der Waals surface area contributed by atoms with Gasteiger partial charge in [-0.05, 0) is 33.6 Å². The summed E-state index contributed by atoms with van der Waals surface area (Å²) in [7, 11) is 0. The van der Waals surface area contributed by atoms with Crippen LogP contribution in [0.25, 0.3) is 0 Å². The van der Waals surface area contributed by atoms with Crippen molar-refractivity contribution in [3.05, 3.63) is 28.5 Å². The number of Topliss-reactive ketones (excluding diaryl/α,β-unsaturated/α-hetero) is 1. The van der Waals surface area contributed by atoms with Gasteiger partial charge in [0.05, 0.1) is 0 Å². The monoisotopic (exact) mass is 249 g/mol. The summed E-state index contributed by atoms with van der Waals surface area (Å²) in [5.41, 5.74) is 0.534. The Balaban J connectivity index is 2.69. The smallest absolute Gasteiger partial charge is 0.293 e. The Morgan fingerprint density at radius 3 is 2.85 bits per heavy atom. The average Bonchev–Trinajstić information content (AvgIpc) is 2.04. The number of halogens is 3. The highest BCUT2D eigenvalue weighted by Gasteiger charge is 2.15. The highest BCUT2D eigenvalue weighted by Crippen LogP contribution is 2.10. The molecule has 0 bridgehead atoms. The molecule has 0 saturated heterocycles. The summed E-state index contributed by atoms with van der Waals surface area (Å²) in [6, 6.07) is 3.07. The number of carbonyl (C=O) groups is 1. The quantitative estimate of drug-likeness (QED) is 0.770. The molecular weight excluding hydrogens is 244 g/mol. The van der Waals surface area contributed by atoms with E-state index in [1.165, 1.54) is 12.3 Å². The Kier molecular flexibility index (Phi) is 3.48. The van der Waals surface area contributed by atoms with Crippen LogP contribution in [0.4, 0.5) is 8.78 Å². The number of nitrogens with zero attached hydrogens (tertiary/aromatic N) is 1. The van der Waals surface area contributed by atoms with Crippen molar-refractivity contribution in [2.45, 2.75) is 12.8 Å². The molecule has 1 rings (SSSR count). The van der Waals surface area contributed by atoms with Crippen molar-refractivity contribution in [2.75, 3.05) is 0 Å². The molecule has 0 atom stereocenters. The zero-order valence-electron chi connectivity index (χ0n) is 6.51. The third-order valence-corrected chi connectivity index (χ3v) is 1.85. The summed E-state index contributed by atoms with van der Waals surface area (Å²) in [5, 5.41) is 0. The van der Waals surface area contributed by atoms with Crippen molar-refractivity contribution in [2.24, 2.45) is 0 Å². The number of hydrogen-bond acceptors (Lipinski definition) is 2. The van der Waals surface area contributed by atoms with Gasteiger partial charge in [0.1, 0.15) is 4.60 Å². The molecule has 13 heavy (non-hydrogen) atoms. The molecule has 0 N–H and O–H groups in total. The van der Waals surface area contributed by atoms with E-state index in [1.807, 2.05) is 0 Å². The Labute approximate surface area is 82.1 Å². The number of rotatable bonds is 3. The van der Waals surface area contributed by atoms with Crippen LogP contribution < -0.4 is 0 Å². The van der Waals surface area contributed by atoms with E-state index in [-0.39, 0.29) is 6.42 Å². The zero-order chi connectivity index (χ0) is 9.84. The van der Waals surface area contributed by atoms with Gasteiger partial charge in [-0.15, -0.1) is 0 Å². The maximum atomic E-state index is 11.8. The highest BCUT2D eigenvalue weighted by atomic mass is 79.9. The average molecular weight is 250 g/mol. The van der Waals surface area contributed by atoms with Gasteiger partial charge in [0.15, 0.2) is 0 Å². The van der Waals surface area contributed by atoms with E-state index in [2.05, 4.69) is 20.9 Å². The fourth-order valence-corrected chi connectivity index (χ4v) is 1.24. The maximum Gasteiger partial charge on any atom is 0.296 e. The molecule has 1 aromatic rings. The standard InChI is InChI=1S/C8H6BrF2NO/c9-7-4-5(1-2-12-7)3-6(13)8(10)11/h1-2,4,8H,3H2. The van der Waals surface area contributed by atoms with E-state index >= 15 is 0 Å². The molecule has 0 unspecified atom stereocenters. The van der Waals surface area contributed by atoms with Crippen LogP contribution in [0.1, 0.15) is 5.56 Å². The topological polar surface area (TPSA) is 30.0 Å². The first kappa shape index (κ1) is 10.2. The van der Waals surface area contributed by atoms with Gasteiger partial charge in [-0.25, -0.2) is 13.8 Å². The van der Waals surface area contributed by atoms with Crippen LogP contribution >= 0.6 is 15.9 Å². The van der Waals surface area contributed by atoms with Crippen molar-refractivity contribution in [1.29, 1.82) is 0 Å². The van der Waals surface area contributed by atoms with Crippen molar-refractivity contribution < 1.29 is 13.6 Å². The van der Waals surface area contributed by atoms with Gasteiger partial charge in [-0.1, -0.05) is 0 Å². The second-order valence-electron chi connectivity index (χ2n) is 2.43. The Bertz CT molecular complexity index is 317. The first-order chi connectivity index (χ1) is 6.09. The fourth-order valence-electron chi connectivity index (χ4n) is 0.831. The minimum atomic E-state index is -2.90. The minimum Gasteiger partial charge on any atom is -0.293 e. The van der Waals surface area contributed by atoms with Crippen LogP contribution in [0.15, 0.2) is 22.9 Å². The Morgan fingerprint density at radius 2 is 2.31 bits per heavy atom. The van der Waals surface area contributed by atoms with Gasteiger partial charge in [-0.3, -0.25) is 4.79 Å². The molecule has 2 nitrogen and oxygen atoms in total. The van der Waals surface area contributed by atoms with Crippen molar-refractivity contribution in [3.8, 4) is 0 Å². The van der Waals surface area contributed by atoms with Crippen LogP contribution in [-0.2, 0) is 11.2 Å². The molecule has 70 valence electrons. The molecule has 0 radical (unpaired) electrons. The molecule has 0 spiro atoms. The van der Waals surface area contributed by atoms with Gasteiger partial charge in [0.25, 0.3) is 6.43 Å². The molecule has 1 aromatic heterocycles. The van der Waals surface area contributed by atoms with Gasteiger partial charge < -0.3 is 0 Å². The third kappa shape index (κ3) is 3.18. The van der Waals surface area contributed by atoms with E-state index in [0.717, 1.165) is 0 Å². The van der Waals surface area contributed by atoms with Gasteiger partial charge in [0.2, 0.25) is 5.78 Å². The van der Waals surface area contributed by atoms with Crippen molar-refractivity contribution >= 4 is 21.7 Å². The van der Waals surface area contributed by atoms with Crippen molar-refractivity contribution in [3.63, 3.8) is 0 Å². The maximum absolute atomic E-state index is 11.8. The molecule has 0 amide bonds. The Hall–Kier alpha value is -0.840. The molecule has 0 saturated carbocycles. The lowest BCUT2D eigenvalue weighted by Crippen LogP contribution is -2.12. The first-order valence-electron chi connectivity index (χ1n) is 3.51. The van der Waals surface area contributed by atoms with E-state index in [1.54, 1.807) is 6.07 Å². The zero-order valence-corrected chi connectivity index (χ0v) is 8.09. The molecule has 0 aliphatic carbocycles. The lowest BCUT2D eigenvalue weighted by atomic mass is 10.1. The van der Waals surface area contributed by atoms with E-state index in [4.69, 9.17) is 0 Å². The lowest BCUT2D eigenvalue weighted by molar-refractivity contribution is -0.128. The third-order valence-electron chi connectivity index (χ3n) is 1.41. The number of pyridine rings is 1. The molecule has 0 fully saturated rings. The SMILES string of the molecule is O=C(Cc1ccnc(Br)c1)C(F)F. The summed E-state index contributed by atoms with van der Waals surface area (Å²) in [5.74, 6) is -1.07. The van der Waals surface area contributed by atoms with Crippen LogP contribution in [0.5, 0.6) is 0 Å². The first-order valence-corrected chi connectivity index (χ1v) is 4.30. The minimum absolute atomic E-state index is 0.251. The summed E-state index contributed by atoms with van der Waals surface area (Å²) in [6.07, 6.45) is -1.69. The van der Waals surface area contributed by atoms with Crippen LogP contribution in [-0.4, -0.2) is 17.2 Å². The molecule has 0 aliphatic rings. The van der Waals surface area contributed by atoms with Gasteiger partial charge in [0, 0.05) is 12.6 Å². The molecule has 1 heterocycles. The largest absolute Gasteiger partial charge is 0.296 e. The predicted molar refractivity (Wildman–Crippen MR) is 46.7 cm³/mol. The number of aromatic nitrogens is 1. The normalized spacial score (nSPS) is 10.5. The van der Waals surface area contributed by atoms with Crippen LogP contribution in [0.2, 0.25) is 0 Å². The van der Waals surface area contributed by atoms with Crippen LogP contribution in [0.3, 0.4) is 0 Å². The van der Waals surface area contributed by atoms with E-state index in [0.29, 0.717) is 10.2 Å². The summed E-state index contributed by atoms with van der Waals surface area (Å²) in [6.45, 7) is 0. The van der Waals surface area contributed by atoms with Gasteiger partial charge >= 0.3 is 0 Å². The predicted octanol–water partition coefficient (Wildman–Crippen LogP) is 2.22. The second-order valence-corrected chi connectivity index (χ2v) is 3.24. The fraction of sp³-hybridized carbons (Fsp3) is 0.250. The van der Waals surface area contributed by atoms with Crippen molar-refractivity contribution in [1.82, 2.24) is 4.98 Å². The highest BCUT2D eigenvalue weighted by molar-refractivity contribution is 9.10. The lowest BCUT2D eigenvalue weighted by Gasteiger charge is -1.99. The summed E-state index contributed by atoms with van der Waals surface area (Å²) < 4.78 is 24.2. The number of hydrogen-bond donors (Lipinski definition) is 0. The summed E-state index contributed by atoms with van der Waals surface area (Å²) in [4.78, 5) is 14.4. The van der Waals surface area contributed by atoms with E-state index in [9.17, 15) is 13.6 Å². The molecule has 0 aromatic carbocycles. The molecule has 0 aliphatic heterocycles. The number of carbonyl (C=O) groups excluding carboxylic acids is 1. The molecular formula is C8H6BrF2NO. The van der Waals surface area contributed by atoms with Gasteiger partial charge in [-0.2, -0.15) is 0 Å². The molecule has 5 heteroatoms.